The maximum Gasteiger partial charge on any atom is 0.281 e. The van der Waals surface area contributed by atoms with Crippen molar-refractivity contribution in [3.8, 4) is 0 Å². The summed E-state index contributed by atoms with van der Waals surface area (Å²) < 4.78 is 26.1. The van der Waals surface area contributed by atoms with E-state index in [1.807, 2.05) is 0 Å². The van der Waals surface area contributed by atoms with Gasteiger partial charge in [0, 0.05) is 32.6 Å². The molecule has 1 aliphatic carbocycles. The minimum atomic E-state index is -3.26. The molecule has 0 radical (unpaired) electrons. The predicted octanol–water partition coefficient (Wildman–Crippen LogP) is 0.496. The Kier molecular flexibility index (Phi) is 3.57. The van der Waals surface area contributed by atoms with E-state index in [0.29, 0.717) is 12.4 Å². The van der Waals surface area contributed by atoms with E-state index >= 15 is 0 Å². The SMILES string of the molecule is CN(C)S(=O)(=O)N(CCCl)C1CC1. The van der Waals surface area contributed by atoms with Crippen LogP contribution in [0.1, 0.15) is 12.8 Å². The van der Waals surface area contributed by atoms with Crippen molar-refractivity contribution in [3.05, 3.63) is 0 Å². The van der Waals surface area contributed by atoms with Gasteiger partial charge in [0.25, 0.3) is 10.2 Å². The highest BCUT2D eigenvalue weighted by atomic mass is 35.5. The average Bonchev–Trinajstić information content (AvgIpc) is 2.82. The lowest BCUT2D eigenvalue weighted by atomic mass is 10.6. The van der Waals surface area contributed by atoms with Gasteiger partial charge in [-0.25, -0.2) is 0 Å². The van der Waals surface area contributed by atoms with Crippen LogP contribution in [0, 0.1) is 0 Å². The molecular formula is C7H15ClN2O2S. The lowest BCUT2D eigenvalue weighted by molar-refractivity contribution is 0.382. The number of halogens is 1. The van der Waals surface area contributed by atoms with Gasteiger partial charge in [-0.2, -0.15) is 17.0 Å². The van der Waals surface area contributed by atoms with E-state index in [0.717, 1.165) is 12.8 Å². The Bertz CT molecular complexity index is 262. The Morgan fingerprint density at radius 3 is 2.23 bits per heavy atom. The molecular weight excluding hydrogens is 212 g/mol. The molecule has 0 aromatic rings. The van der Waals surface area contributed by atoms with Gasteiger partial charge < -0.3 is 0 Å². The van der Waals surface area contributed by atoms with Gasteiger partial charge in [0.05, 0.1) is 0 Å². The second-order valence-electron chi connectivity index (χ2n) is 3.32. The first-order chi connectivity index (χ1) is 6.00. The molecule has 1 fully saturated rings. The van der Waals surface area contributed by atoms with Gasteiger partial charge in [0.15, 0.2) is 0 Å². The summed E-state index contributed by atoms with van der Waals surface area (Å²) in [7, 11) is -0.174. The molecule has 0 unspecified atom stereocenters. The van der Waals surface area contributed by atoms with Crippen molar-refractivity contribution in [1.82, 2.24) is 8.61 Å². The van der Waals surface area contributed by atoms with Crippen LogP contribution in [0.4, 0.5) is 0 Å². The lowest BCUT2D eigenvalue weighted by Gasteiger charge is -2.24. The van der Waals surface area contributed by atoms with Crippen molar-refractivity contribution in [2.45, 2.75) is 18.9 Å². The van der Waals surface area contributed by atoms with Gasteiger partial charge in [-0.3, -0.25) is 0 Å². The van der Waals surface area contributed by atoms with Crippen LogP contribution in [0.2, 0.25) is 0 Å². The summed E-state index contributed by atoms with van der Waals surface area (Å²) in [5, 5.41) is 0. The van der Waals surface area contributed by atoms with Crippen LogP contribution >= 0.6 is 11.6 Å². The Morgan fingerprint density at radius 1 is 1.38 bits per heavy atom. The first kappa shape index (κ1) is 11.2. The smallest absolute Gasteiger partial charge is 0.195 e. The van der Waals surface area contributed by atoms with E-state index in [2.05, 4.69) is 0 Å². The van der Waals surface area contributed by atoms with Crippen molar-refractivity contribution in [3.63, 3.8) is 0 Å². The molecule has 0 saturated heterocycles. The van der Waals surface area contributed by atoms with Gasteiger partial charge in [-0.1, -0.05) is 0 Å². The topological polar surface area (TPSA) is 40.6 Å². The molecule has 0 bridgehead atoms. The van der Waals surface area contributed by atoms with Crippen molar-refractivity contribution >= 4 is 21.8 Å². The molecule has 1 aliphatic rings. The van der Waals surface area contributed by atoms with Crippen molar-refractivity contribution in [1.29, 1.82) is 0 Å². The molecule has 0 spiro atoms. The fourth-order valence-electron chi connectivity index (χ4n) is 1.14. The molecule has 13 heavy (non-hydrogen) atoms. The fourth-order valence-corrected chi connectivity index (χ4v) is 2.75. The summed E-state index contributed by atoms with van der Waals surface area (Å²) in [6.45, 7) is 0.409. The number of alkyl halides is 1. The summed E-state index contributed by atoms with van der Waals surface area (Å²) in [4.78, 5) is 0. The summed E-state index contributed by atoms with van der Waals surface area (Å²) in [6, 6.07) is 0.186. The van der Waals surface area contributed by atoms with Gasteiger partial charge in [0.1, 0.15) is 0 Å². The fraction of sp³-hybridized carbons (Fsp3) is 1.00. The monoisotopic (exact) mass is 226 g/mol. The predicted molar refractivity (Wildman–Crippen MR) is 53.1 cm³/mol. The zero-order chi connectivity index (χ0) is 10.1. The van der Waals surface area contributed by atoms with Crippen LogP contribution < -0.4 is 0 Å². The highest BCUT2D eigenvalue weighted by Gasteiger charge is 2.37. The molecule has 0 heterocycles. The molecule has 0 aliphatic heterocycles. The Hall–Kier alpha value is 0.160. The standard InChI is InChI=1S/C7H15ClN2O2S/c1-9(2)13(11,12)10(6-5-8)7-3-4-7/h7H,3-6H2,1-2H3. The highest BCUT2D eigenvalue weighted by Crippen LogP contribution is 2.29. The molecule has 4 nitrogen and oxygen atoms in total. The molecule has 78 valence electrons. The van der Waals surface area contributed by atoms with E-state index < -0.39 is 10.2 Å². The second-order valence-corrected chi connectivity index (χ2v) is 5.79. The van der Waals surface area contributed by atoms with Crippen LogP contribution in [-0.4, -0.2) is 49.6 Å². The van der Waals surface area contributed by atoms with Gasteiger partial charge in [-0.15, -0.1) is 11.6 Å². The van der Waals surface area contributed by atoms with E-state index in [1.165, 1.54) is 8.61 Å². The molecule has 0 N–H and O–H groups in total. The largest absolute Gasteiger partial charge is 0.281 e. The minimum absolute atomic E-state index is 0.186. The third-order valence-corrected chi connectivity index (χ3v) is 4.18. The third kappa shape index (κ3) is 2.56. The normalized spacial score (nSPS) is 18.5. The van der Waals surface area contributed by atoms with Crippen molar-refractivity contribution in [2.24, 2.45) is 0 Å². The lowest BCUT2D eigenvalue weighted by Crippen LogP contribution is -2.42. The second kappa shape index (κ2) is 4.13. The minimum Gasteiger partial charge on any atom is -0.195 e. The van der Waals surface area contributed by atoms with Crippen LogP contribution in [0.3, 0.4) is 0 Å². The average molecular weight is 227 g/mol. The van der Waals surface area contributed by atoms with E-state index in [1.54, 1.807) is 14.1 Å². The first-order valence-corrected chi connectivity index (χ1v) is 6.18. The van der Waals surface area contributed by atoms with E-state index in [9.17, 15) is 8.42 Å². The van der Waals surface area contributed by atoms with Gasteiger partial charge in [0.2, 0.25) is 0 Å². The van der Waals surface area contributed by atoms with E-state index in [-0.39, 0.29) is 6.04 Å². The Balaban J connectivity index is 2.73. The number of nitrogens with zero attached hydrogens (tertiary/aromatic N) is 2. The third-order valence-electron chi connectivity index (χ3n) is 2.02. The van der Waals surface area contributed by atoms with Crippen LogP contribution in [0.15, 0.2) is 0 Å². The number of hydrogen-bond donors (Lipinski definition) is 0. The quantitative estimate of drug-likeness (QED) is 0.641. The molecule has 1 rings (SSSR count). The number of hydrogen-bond acceptors (Lipinski definition) is 2. The zero-order valence-electron chi connectivity index (χ0n) is 7.90. The zero-order valence-corrected chi connectivity index (χ0v) is 9.48. The summed E-state index contributed by atoms with van der Waals surface area (Å²) in [5.74, 6) is 0.351. The molecule has 0 atom stereocenters. The highest BCUT2D eigenvalue weighted by molar-refractivity contribution is 7.86. The Labute approximate surface area is 84.6 Å². The molecule has 0 aromatic heterocycles. The van der Waals surface area contributed by atoms with Crippen molar-refractivity contribution in [2.75, 3.05) is 26.5 Å². The van der Waals surface area contributed by atoms with Crippen LogP contribution in [-0.2, 0) is 10.2 Å². The first-order valence-electron chi connectivity index (χ1n) is 4.25. The molecule has 0 amide bonds. The maximum atomic E-state index is 11.7. The van der Waals surface area contributed by atoms with Crippen LogP contribution in [0.5, 0.6) is 0 Å². The van der Waals surface area contributed by atoms with Gasteiger partial charge >= 0.3 is 0 Å². The van der Waals surface area contributed by atoms with Crippen molar-refractivity contribution < 1.29 is 8.42 Å². The summed E-state index contributed by atoms with van der Waals surface area (Å²) >= 11 is 5.55. The Morgan fingerprint density at radius 2 is 1.92 bits per heavy atom. The van der Waals surface area contributed by atoms with Crippen LogP contribution in [0.25, 0.3) is 0 Å². The summed E-state index contributed by atoms with van der Waals surface area (Å²) in [6.07, 6.45) is 1.92. The molecule has 0 aromatic carbocycles. The van der Waals surface area contributed by atoms with Gasteiger partial charge in [-0.05, 0) is 12.8 Å². The molecule has 1 saturated carbocycles. The molecule has 6 heteroatoms. The maximum absolute atomic E-state index is 11.7. The summed E-state index contributed by atoms with van der Waals surface area (Å²) in [5.41, 5.74) is 0. The van der Waals surface area contributed by atoms with E-state index in [4.69, 9.17) is 11.6 Å². The number of rotatable bonds is 5.